The first-order chi connectivity index (χ1) is 11.0. The SMILES string of the molecule is Cc1ccc(C)c(O[C@H](C)C(=O)NC[C@@H](C)c2ccccc2)c1. The first-order valence-corrected chi connectivity index (χ1v) is 8.04. The molecule has 2 aromatic carbocycles. The van der Waals surface area contributed by atoms with Crippen LogP contribution in [0.4, 0.5) is 0 Å². The average molecular weight is 311 g/mol. The number of nitrogens with one attached hydrogen (secondary N) is 1. The van der Waals surface area contributed by atoms with E-state index in [0.29, 0.717) is 6.54 Å². The molecule has 0 aromatic heterocycles. The lowest BCUT2D eigenvalue weighted by atomic mass is 10.0. The molecule has 0 aliphatic rings. The predicted molar refractivity (Wildman–Crippen MR) is 93.9 cm³/mol. The van der Waals surface area contributed by atoms with Gasteiger partial charge in [-0.1, -0.05) is 49.4 Å². The van der Waals surface area contributed by atoms with Gasteiger partial charge in [0, 0.05) is 6.54 Å². The van der Waals surface area contributed by atoms with E-state index in [-0.39, 0.29) is 11.8 Å². The summed E-state index contributed by atoms with van der Waals surface area (Å²) in [5.41, 5.74) is 3.37. The van der Waals surface area contributed by atoms with E-state index in [9.17, 15) is 4.79 Å². The molecule has 0 aliphatic carbocycles. The zero-order chi connectivity index (χ0) is 16.8. The second-order valence-corrected chi connectivity index (χ2v) is 6.09. The minimum atomic E-state index is -0.515. The molecule has 2 rings (SSSR count). The fourth-order valence-corrected chi connectivity index (χ4v) is 2.38. The number of amides is 1. The van der Waals surface area contributed by atoms with Crippen LogP contribution in [0.2, 0.25) is 0 Å². The van der Waals surface area contributed by atoms with Crippen molar-refractivity contribution in [2.75, 3.05) is 6.54 Å². The van der Waals surface area contributed by atoms with Gasteiger partial charge in [0.2, 0.25) is 0 Å². The number of ether oxygens (including phenoxy) is 1. The van der Waals surface area contributed by atoms with Crippen molar-refractivity contribution in [2.45, 2.75) is 39.7 Å². The van der Waals surface area contributed by atoms with Crippen LogP contribution in [-0.2, 0) is 4.79 Å². The Balaban J connectivity index is 1.89. The van der Waals surface area contributed by atoms with Crippen LogP contribution in [-0.4, -0.2) is 18.6 Å². The largest absolute Gasteiger partial charge is 0.481 e. The van der Waals surface area contributed by atoms with Gasteiger partial charge in [-0.05, 0) is 49.4 Å². The number of rotatable bonds is 6. The molecule has 122 valence electrons. The second-order valence-electron chi connectivity index (χ2n) is 6.09. The molecule has 0 heterocycles. The Hall–Kier alpha value is -2.29. The smallest absolute Gasteiger partial charge is 0.260 e. The van der Waals surface area contributed by atoms with E-state index in [1.54, 1.807) is 6.92 Å². The van der Waals surface area contributed by atoms with Gasteiger partial charge in [-0.2, -0.15) is 0 Å². The van der Waals surface area contributed by atoms with Crippen molar-refractivity contribution in [3.8, 4) is 5.75 Å². The molecule has 2 atom stereocenters. The van der Waals surface area contributed by atoms with Crippen LogP contribution in [0, 0.1) is 13.8 Å². The molecule has 2 aromatic rings. The van der Waals surface area contributed by atoms with Gasteiger partial charge in [-0.15, -0.1) is 0 Å². The van der Waals surface area contributed by atoms with E-state index < -0.39 is 6.10 Å². The molecule has 0 spiro atoms. The quantitative estimate of drug-likeness (QED) is 0.876. The van der Waals surface area contributed by atoms with Crippen molar-refractivity contribution < 1.29 is 9.53 Å². The van der Waals surface area contributed by atoms with Gasteiger partial charge in [0.15, 0.2) is 6.10 Å². The van der Waals surface area contributed by atoms with Gasteiger partial charge in [0.25, 0.3) is 5.91 Å². The monoisotopic (exact) mass is 311 g/mol. The summed E-state index contributed by atoms with van der Waals surface area (Å²) < 4.78 is 5.81. The number of hydrogen-bond acceptors (Lipinski definition) is 2. The van der Waals surface area contributed by atoms with Crippen molar-refractivity contribution in [1.29, 1.82) is 0 Å². The third-order valence-corrected chi connectivity index (χ3v) is 3.97. The molecule has 3 nitrogen and oxygen atoms in total. The summed E-state index contributed by atoms with van der Waals surface area (Å²) >= 11 is 0. The molecule has 1 N–H and O–H groups in total. The third kappa shape index (κ3) is 4.85. The number of hydrogen-bond donors (Lipinski definition) is 1. The van der Waals surface area contributed by atoms with Gasteiger partial charge in [0.1, 0.15) is 5.75 Å². The van der Waals surface area contributed by atoms with Crippen molar-refractivity contribution in [3.05, 3.63) is 65.2 Å². The predicted octanol–water partition coefficient (Wildman–Crippen LogP) is 3.99. The molecule has 1 amide bonds. The highest BCUT2D eigenvalue weighted by Gasteiger charge is 2.16. The molecule has 23 heavy (non-hydrogen) atoms. The van der Waals surface area contributed by atoms with E-state index >= 15 is 0 Å². The van der Waals surface area contributed by atoms with Gasteiger partial charge in [-0.3, -0.25) is 4.79 Å². The maximum atomic E-state index is 12.2. The summed E-state index contributed by atoms with van der Waals surface area (Å²) in [5.74, 6) is 0.950. The number of aryl methyl sites for hydroxylation is 2. The van der Waals surface area contributed by atoms with Gasteiger partial charge in [0.05, 0.1) is 0 Å². The Morgan fingerprint density at radius 3 is 2.48 bits per heavy atom. The van der Waals surface area contributed by atoms with E-state index in [1.807, 2.05) is 50.2 Å². The van der Waals surface area contributed by atoms with Crippen molar-refractivity contribution in [3.63, 3.8) is 0 Å². The Morgan fingerprint density at radius 1 is 1.09 bits per heavy atom. The van der Waals surface area contributed by atoms with Gasteiger partial charge in [-0.25, -0.2) is 0 Å². The van der Waals surface area contributed by atoms with Crippen molar-refractivity contribution in [1.82, 2.24) is 5.32 Å². The van der Waals surface area contributed by atoms with Crippen LogP contribution in [0.1, 0.15) is 36.5 Å². The zero-order valence-corrected chi connectivity index (χ0v) is 14.3. The average Bonchev–Trinajstić information content (AvgIpc) is 2.56. The summed E-state index contributed by atoms with van der Waals surface area (Å²) in [6.45, 7) is 8.48. The molecule has 3 heteroatoms. The Kier molecular flexibility index (Phi) is 5.80. The summed E-state index contributed by atoms with van der Waals surface area (Å²) in [4.78, 5) is 12.2. The van der Waals surface area contributed by atoms with Crippen LogP contribution < -0.4 is 10.1 Å². The van der Waals surface area contributed by atoms with E-state index in [1.165, 1.54) is 5.56 Å². The van der Waals surface area contributed by atoms with E-state index in [0.717, 1.165) is 16.9 Å². The standard InChI is InChI=1S/C20H25NO2/c1-14-10-11-15(2)19(12-14)23-17(4)20(22)21-13-16(3)18-8-6-5-7-9-18/h5-12,16-17H,13H2,1-4H3,(H,21,22)/t16-,17-/m1/s1. The first kappa shape index (κ1) is 17.1. The van der Waals surface area contributed by atoms with Crippen molar-refractivity contribution in [2.24, 2.45) is 0 Å². The molecule has 0 aliphatic heterocycles. The maximum Gasteiger partial charge on any atom is 0.260 e. The van der Waals surface area contributed by atoms with Crippen LogP contribution in [0.3, 0.4) is 0 Å². The fraction of sp³-hybridized carbons (Fsp3) is 0.350. The Morgan fingerprint density at radius 2 is 1.78 bits per heavy atom. The lowest BCUT2D eigenvalue weighted by Crippen LogP contribution is -2.38. The number of benzene rings is 2. The lowest BCUT2D eigenvalue weighted by Gasteiger charge is -2.18. The topological polar surface area (TPSA) is 38.3 Å². The summed E-state index contributed by atoms with van der Waals surface area (Å²) in [7, 11) is 0. The first-order valence-electron chi connectivity index (χ1n) is 8.04. The van der Waals surface area contributed by atoms with Crippen LogP contribution in [0.25, 0.3) is 0 Å². The molecule has 0 radical (unpaired) electrons. The lowest BCUT2D eigenvalue weighted by molar-refractivity contribution is -0.127. The Labute approximate surface area is 138 Å². The zero-order valence-electron chi connectivity index (χ0n) is 14.3. The highest BCUT2D eigenvalue weighted by molar-refractivity contribution is 5.80. The minimum Gasteiger partial charge on any atom is -0.481 e. The fourth-order valence-electron chi connectivity index (χ4n) is 2.38. The molecule has 0 saturated heterocycles. The third-order valence-electron chi connectivity index (χ3n) is 3.97. The molecule has 0 saturated carbocycles. The van der Waals surface area contributed by atoms with E-state index in [4.69, 9.17) is 4.74 Å². The molecule has 0 unspecified atom stereocenters. The highest BCUT2D eigenvalue weighted by atomic mass is 16.5. The molecule has 0 fully saturated rings. The van der Waals surface area contributed by atoms with Crippen LogP contribution in [0.5, 0.6) is 5.75 Å². The normalized spacial score (nSPS) is 13.2. The van der Waals surface area contributed by atoms with Crippen LogP contribution >= 0.6 is 0 Å². The highest BCUT2D eigenvalue weighted by Crippen LogP contribution is 2.20. The summed E-state index contributed by atoms with van der Waals surface area (Å²) in [6.07, 6.45) is -0.515. The van der Waals surface area contributed by atoms with Crippen molar-refractivity contribution >= 4 is 5.91 Å². The molecule has 0 bridgehead atoms. The number of carbonyl (C=O) groups excluding carboxylic acids is 1. The summed E-state index contributed by atoms with van der Waals surface area (Å²) in [6, 6.07) is 16.2. The molecular weight excluding hydrogens is 286 g/mol. The van der Waals surface area contributed by atoms with E-state index in [2.05, 4.69) is 24.4 Å². The minimum absolute atomic E-state index is 0.0892. The Bertz CT molecular complexity index is 652. The van der Waals surface area contributed by atoms with Crippen LogP contribution in [0.15, 0.2) is 48.5 Å². The van der Waals surface area contributed by atoms with Gasteiger partial charge < -0.3 is 10.1 Å². The number of carbonyl (C=O) groups is 1. The second kappa shape index (κ2) is 7.82. The maximum absolute atomic E-state index is 12.2. The summed E-state index contributed by atoms with van der Waals surface area (Å²) in [5, 5.41) is 2.97. The molecular formula is C20H25NO2. The van der Waals surface area contributed by atoms with Gasteiger partial charge >= 0.3 is 0 Å².